The minimum absolute atomic E-state index is 0.0881. The van der Waals surface area contributed by atoms with Crippen molar-refractivity contribution in [2.24, 2.45) is 0 Å². The van der Waals surface area contributed by atoms with Crippen molar-refractivity contribution in [2.45, 2.75) is 12.4 Å². The van der Waals surface area contributed by atoms with Crippen molar-refractivity contribution in [3.05, 3.63) is 59.0 Å². The first kappa shape index (κ1) is 21.0. The van der Waals surface area contributed by atoms with Gasteiger partial charge in [-0.3, -0.25) is 0 Å². The molecule has 3 aromatic rings. The fraction of sp³-hybridized carbons (Fsp3) is 0.211. The molecule has 3 rings (SSSR count). The lowest BCUT2D eigenvalue weighted by molar-refractivity contribution is -0.143. The van der Waals surface area contributed by atoms with Crippen LogP contribution in [0, 0.1) is 0 Å². The van der Waals surface area contributed by atoms with E-state index in [1.54, 1.807) is 5.38 Å². The number of nitrogens with one attached hydrogen (secondary N) is 1. The maximum absolute atomic E-state index is 13.0. The summed E-state index contributed by atoms with van der Waals surface area (Å²) < 4.78 is 77.9. The van der Waals surface area contributed by atoms with Crippen LogP contribution in [0.4, 0.5) is 42.8 Å². The van der Waals surface area contributed by atoms with Crippen LogP contribution in [0.3, 0.4) is 0 Å². The van der Waals surface area contributed by atoms with Gasteiger partial charge in [-0.2, -0.15) is 26.3 Å². The second-order valence-electron chi connectivity index (χ2n) is 6.40. The molecule has 0 spiro atoms. The number of rotatable bonds is 4. The van der Waals surface area contributed by atoms with Crippen LogP contribution in [0.25, 0.3) is 11.3 Å². The molecule has 10 heteroatoms. The van der Waals surface area contributed by atoms with E-state index in [2.05, 4.69) is 10.3 Å². The van der Waals surface area contributed by atoms with E-state index in [9.17, 15) is 26.3 Å². The minimum Gasteiger partial charge on any atom is -0.378 e. The van der Waals surface area contributed by atoms with Gasteiger partial charge >= 0.3 is 12.4 Å². The summed E-state index contributed by atoms with van der Waals surface area (Å²) in [5, 5.41) is 4.40. The van der Waals surface area contributed by atoms with Gasteiger partial charge in [-0.15, -0.1) is 11.3 Å². The number of nitrogens with zero attached hydrogens (tertiary/aromatic N) is 2. The van der Waals surface area contributed by atoms with E-state index in [1.165, 1.54) is 0 Å². The van der Waals surface area contributed by atoms with Gasteiger partial charge in [0.05, 0.1) is 16.8 Å². The molecule has 1 heterocycles. The van der Waals surface area contributed by atoms with Gasteiger partial charge < -0.3 is 10.2 Å². The highest BCUT2D eigenvalue weighted by Crippen LogP contribution is 2.38. The predicted octanol–water partition coefficient (Wildman–Crippen LogP) is 6.66. The smallest absolute Gasteiger partial charge is 0.378 e. The van der Waals surface area contributed by atoms with Crippen molar-refractivity contribution in [3.63, 3.8) is 0 Å². The highest BCUT2D eigenvalue weighted by molar-refractivity contribution is 7.14. The average molecular weight is 431 g/mol. The molecular formula is C19H15F6N3S. The number of halogens is 6. The van der Waals surface area contributed by atoms with E-state index >= 15 is 0 Å². The van der Waals surface area contributed by atoms with Crippen LogP contribution >= 0.6 is 11.3 Å². The summed E-state index contributed by atoms with van der Waals surface area (Å²) in [4.78, 5) is 6.19. The van der Waals surface area contributed by atoms with E-state index in [0.29, 0.717) is 17.8 Å². The molecule has 0 aliphatic rings. The number of benzene rings is 2. The van der Waals surface area contributed by atoms with Gasteiger partial charge in [-0.05, 0) is 30.3 Å². The van der Waals surface area contributed by atoms with Crippen LogP contribution in [-0.2, 0) is 12.4 Å². The lowest BCUT2D eigenvalue weighted by Crippen LogP contribution is -2.11. The molecule has 0 amide bonds. The van der Waals surface area contributed by atoms with E-state index in [1.807, 2.05) is 43.3 Å². The Morgan fingerprint density at radius 3 is 1.90 bits per heavy atom. The minimum atomic E-state index is -4.90. The van der Waals surface area contributed by atoms with Crippen molar-refractivity contribution < 1.29 is 26.3 Å². The molecule has 0 saturated heterocycles. The molecule has 2 aromatic carbocycles. The van der Waals surface area contributed by atoms with E-state index in [4.69, 9.17) is 0 Å². The number of anilines is 3. The SMILES string of the molecule is CN(C)c1ccc(-c2csc(Nc3cc(C(F)(F)F)cc(C(F)(F)F)c3)n2)cc1. The predicted molar refractivity (Wildman–Crippen MR) is 102 cm³/mol. The highest BCUT2D eigenvalue weighted by atomic mass is 32.1. The number of hydrogen-bond acceptors (Lipinski definition) is 4. The van der Waals surface area contributed by atoms with Crippen LogP contribution < -0.4 is 10.2 Å². The van der Waals surface area contributed by atoms with Crippen LogP contribution in [0.1, 0.15) is 11.1 Å². The summed E-state index contributed by atoms with van der Waals surface area (Å²) in [5.41, 5.74) is -0.788. The fourth-order valence-electron chi connectivity index (χ4n) is 2.54. The summed E-state index contributed by atoms with van der Waals surface area (Å²) in [6.45, 7) is 0. The van der Waals surface area contributed by atoms with Crippen LogP contribution in [0.5, 0.6) is 0 Å². The van der Waals surface area contributed by atoms with Crippen molar-refractivity contribution in [1.29, 1.82) is 0 Å². The highest BCUT2D eigenvalue weighted by Gasteiger charge is 2.37. The summed E-state index contributed by atoms with van der Waals surface area (Å²) in [5.74, 6) is 0. The van der Waals surface area contributed by atoms with Crippen molar-refractivity contribution in [3.8, 4) is 11.3 Å². The molecule has 29 heavy (non-hydrogen) atoms. The summed E-state index contributed by atoms with van der Waals surface area (Å²) in [7, 11) is 3.79. The normalized spacial score (nSPS) is 12.1. The first-order valence-corrected chi connectivity index (χ1v) is 9.11. The van der Waals surface area contributed by atoms with E-state index < -0.39 is 23.5 Å². The van der Waals surface area contributed by atoms with Crippen molar-refractivity contribution >= 4 is 27.8 Å². The Kier molecular flexibility index (Phi) is 5.48. The molecule has 0 aliphatic heterocycles. The van der Waals surface area contributed by atoms with Gasteiger partial charge in [0.1, 0.15) is 0 Å². The largest absolute Gasteiger partial charge is 0.416 e. The first-order chi connectivity index (χ1) is 13.4. The first-order valence-electron chi connectivity index (χ1n) is 8.23. The average Bonchev–Trinajstić information content (AvgIpc) is 3.08. The lowest BCUT2D eigenvalue weighted by Gasteiger charge is -2.14. The number of hydrogen-bond donors (Lipinski definition) is 1. The van der Waals surface area contributed by atoms with Crippen LogP contribution in [-0.4, -0.2) is 19.1 Å². The Hall–Kier alpha value is -2.75. The molecule has 1 N–H and O–H groups in total. The Morgan fingerprint density at radius 2 is 1.41 bits per heavy atom. The lowest BCUT2D eigenvalue weighted by atomic mass is 10.1. The molecule has 0 unspecified atom stereocenters. The fourth-order valence-corrected chi connectivity index (χ4v) is 3.28. The number of thiazole rings is 1. The van der Waals surface area contributed by atoms with E-state index in [0.717, 1.165) is 22.6 Å². The standard InChI is InChI=1S/C19H15F6N3S/c1-28(2)15-5-3-11(4-6-15)16-10-29-17(27-16)26-14-8-12(18(20,21)22)7-13(9-14)19(23,24)25/h3-10H,1-2H3,(H,26,27). The molecular weight excluding hydrogens is 416 g/mol. The number of alkyl halides is 6. The van der Waals surface area contributed by atoms with Gasteiger partial charge in [0.15, 0.2) is 5.13 Å². The quantitative estimate of drug-likeness (QED) is 0.469. The Morgan fingerprint density at radius 1 is 0.862 bits per heavy atom. The zero-order valence-corrected chi connectivity index (χ0v) is 16.0. The molecule has 1 aromatic heterocycles. The van der Waals surface area contributed by atoms with E-state index in [-0.39, 0.29) is 16.9 Å². The molecule has 0 bridgehead atoms. The molecule has 0 atom stereocenters. The Bertz CT molecular complexity index is 958. The number of aromatic nitrogens is 1. The monoisotopic (exact) mass is 431 g/mol. The topological polar surface area (TPSA) is 28.2 Å². The Labute approximate surface area is 166 Å². The maximum atomic E-state index is 13.0. The zero-order valence-electron chi connectivity index (χ0n) is 15.2. The molecule has 0 saturated carbocycles. The molecule has 0 aliphatic carbocycles. The van der Waals surface area contributed by atoms with Gasteiger partial charge in [-0.25, -0.2) is 4.98 Å². The van der Waals surface area contributed by atoms with Crippen molar-refractivity contribution in [2.75, 3.05) is 24.3 Å². The summed E-state index contributed by atoms with van der Waals surface area (Å²) in [6.07, 6.45) is -9.81. The Balaban J connectivity index is 1.89. The van der Waals surface area contributed by atoms with Gasteiger partial charge in [0.25, 0.3) is 0 Å². The molecule has 0 fully saturated rings. The summed E-state index contributed by atoms with van der Waals surface area (Å²) in [6, 6.07) is 8.77. The zero-order chi connectivity index (χ0) is 21.4. The second kappa shape index (κ2) is 7.58. The van der Waals surface area contributed by atoms with Crippen molar-refractivity contribution in [1.82, 2.24) is 4.98 Å². The second-order valence-corrected chi connectivity index (χ2v) is 7.26. The molecule has 0 radical (unpaired) electrons. The third kappa shape index (κ3) is 5.00. The third-order valence-electron chi connectivity index (χ3n) is 4.02. The van der Waals surface area contributed by atoms with Gasteiger partial charge in [0.2, 0.25) is 0 Å². The summed E-state index contributed by atoms with van der Waals surface area (Å²) >= 11 is 1.08. The van der Waals surface area contributed by atoms with Crippen LogP contribution in [0.2, 0.25) is 0 Å². The van der Waals surface area contributed by atoms with Gasteiger partial charge in [-0.1, -0.05) is 12.1 Å². The third-order valence-corrected chi connectivity index (χ3v) is 4.78. The van der Waals surface area contributed by atoms with Gasteiger partial charge in [0, 0.05) is 36.4 Å². The molecule has 154 valence electrons. The maximum Gasteiger partial charge on any atom is 0.416 e. The van der Waals surface area contributed by atoms with Crippen LogP contribution in [0.15, 0.2) is 47.8 Å². The molecule has 3 nitrogen and oxygen atoms in total.